The number of H-pyrrole nitrogens is 1. The van der Waals surface area contributed by atoms with E-state index in [4.69, 9.17) is 5.11 Å². The maximum absolute atomic E-state index is 11.6. The minimum atomic E-state index is -1.93. The lowest BCUT2D eigenvalue weighted by Gasteiger charge is -2.14. The van der Waals surface area contributed by atoms with E-state index < -0.39 is 18.2 Å². The summed E-state index contributed by atoms with van der Waals surface area (Å²) < 4.78 is 0. The molecule has 6 heteroatoms. The molecular weight excluding hydrogens is 238 g/mol. The van der Waals surface area contributed by atoms with Crippen LogP contribution < -0.4 is 5.43 Å². The number of benzene rings is 1. The smallest absolute Gasteiger partial charge is 0.335 e. The van der Waals surface area contributed by atoms with Crippen LogP contribution in [0, 0.1) is 0 Å². The summed E-state index contributed by atoms with van der Waals surface area (Å²) in [6, 6.07) is 5.69. The highest BCUT2D eigenvalue weighted by Crippen LogP contribution is 2.20. The van der Waals surface area contributed by atoms with Crippen LogP contribution in [0.5, 0.6) is 0 Å². The number of nitrogens with one attached hydrogen (secondary N) is 1. The highest BCUT2D eigenvalue weighted by atomic mass is 16.4. The van der Waals surface area contributed by atoms with Crippen LogP contribution in [-0.2, 0) is 4.79 Å². The Morgan fingerprint density at radius 1 is 1.22 bits per heavy atom. The second-order valence-electron chi connectivity index (χ2n) is 3.87. The van der Waals surface area contributed by atoms with Crippen molar-refractivity contribution >= 4 is 16.9 Å². The van der Waals surface area contributed by atoms with Crippen molar-refractivity contribution in [3.05, 3.63) is 46.2 Å². The Bertz CT molecular complexity index is 648. The van der Waals surface area contributed by atoms with E-state index in [-0.39, 0.29) is 11.0 Å². The third-order valence-electron chi connectivity index (χ3n) is 2.68. The minimum absolute atomic E-state index is 0.175. The van der Waals surface area contributed by atoms with Crippen molar-refractivity contribution in [3.63, 3.8) is 0 Å². The monoisotopic (exact) mass is 249 g/mol. The Morgan fingerprint density at radius 3 is 2.61 bits per heavy atom. The molecule has 2 rings (SSSR count). The average molecular weight is 249 g/mol. The predicted molar refractivity (Wildman–Crippen MR) is 63.2 cm³/mol. The zero-order valence-corrected chi connectivity index (χ0v) is 9.20. The van der Waals surface area contributed by atoms with Gasteiger partial charge >= 0.3 is 5.97 Å². The first-order valence-electron chi connectivity index (χ1n) is 5.21. The molecule has 94 valence electrons. The second kappa shape index (κ2) is 4.59. The van der Waals surface area contributed by atoms with Crippen LogP contribution in [0.2, 0.25) is 0 Å². The number of carboxylic acid groups (broad SMARTS) is 1. The van der Waals surface area contributed by atoms with Gasteiger partial charge in [0.15, 0.2) is 11.5 Å². The standard InChI is InChI=1S/C12H11NO5/c14-9-3-4-13-8-2-1-6(5-7(8)9)10(15)11(16)12(17)18/h1-5,10-11,15-16H,(H,13,14)(H,17,18). The van der Waals surface area contributed by atoms with E-state index in [9.17, 15) is 19.8 Å². The normalized spacial score (nSPS) is 14.3. The fourth-order valence-electron chi connectivity index (χ4n) is 1.69. The molecule has 0 aliphatic heterocycles. The van der Waals surface area contributed by atoms with Crippen LogP contribution in [0.3, 0.4) is 0 Å². The lowest BCUT2D eigenvalue weighted by Crippen LogP contribution is -2.27. The molecule has 4 N–H and O–H groups in total. The van der Waals surface area contributed by atoms with E-state index in [1.165, 1.54) is 24.4 Å². The first-order valence-corrected chi connectivity index (χ1v) is 5.21. The van der Waals surface area contributed by atoms with Crippen LogP contribution in [0.25, 0.3) is 10.9 Å². The summed E-state index contributed by atoms with van der Waals surface area (Å²) in [5, 5.41) is 27.9. The van der Waals surface area contributed by atoms with Gasteiger partial charge in [-0.25, -0.2) is 4.79 Å². The summed E-state index contributed by atoms with van der Waals surface area (Å²) in [6.07, 6.45) is -2.01. The number of aromatic nitrogens is 1. The van der Waals surface area contributed by atoms with E-state index in [0.717, 1.165) is 0 Å². The Labute approximate surface area is 101 Å². The molecule has 1 heterocycles. The van der Waals surface area contributed by atoms with Crippen molar-refractivity contribution in [2.75, 3.05) is 0 Å². The maximum atomic E-state index is 11.6. The summed E-state index contributed by atoms with van der Waals surface area (Å²) in [6.45, 7) is 0. The number of aliphatic carboxylic acids is 1. The van der Waals surface area contributed by atoms with Gasteiger partial charge in [-0.2, -0.15) is 0 Å². The number of rotatable bonds is 3. The van der Waals surface area contributed by atoms with E-state index in [1.54, 1.807) is 6.07 Å². The SMILES string of the molecule is O=C(O)C(O)C(O)c1ccc2[nH]ccc(=O)c2c1. The van der Waals surface area contributed by atoms with Crippen molar-refractivity contribution in [1.82, 2.24) is 4.98 Å². The van der Waals surface area contributed by atoms with Crippen LogP contribution in [0.4, 0.5) is 0 Å². The van der Waals surface area contributed by atoms with Gasteiger partial charge in [-0.15, -0.1) is 0 Å². The topological polar surface area (TPSA) is 111 Å². The third kappa shape index (κ3) is 2.11. The molecule has 0 aliphatic rings. The molecule has 0 aliphatic carbocycles. The summed E-state index contributed by atoms with van der Waals surface area (Å²) in [4.78, 5) is 25.0. The van der Waals surface area contributed by atoms with Crippen molar-refractivity contribution in [1.29, 1.82) is 0 Å². The maximum Gasteiger partial charge on any atom is 0.335 e. The Balaban J connectivity index is 2.50. The Hall–Kier alpha value is -2.18. The number of pyridine rings is 1. The molecule has 1 aromatic heterocycles. The molecule has 0 amide bonds. The zero-order chi connectivity index (χ0) is 13.3. The molecule has 2 aromatic rings. The van der Waals surface area contributed by atoms with E-state index in [1.807, 2.05) is 0 Å². The molecule has 1 aromatic carbocycles. The second-order valence-corrected chi connectivity index (χ2v) is 3.87. The molecule has 0 spiro atoms. The molecule has 2 unspecified atom stereocenters. The van der Waals surface area contributed by atoms with Gasteiger partial charge in [-0.1, -0.05) is 6.07 Å². The zero-order valence-electron chi connectivity index (χ0n) is 9.20. The molecule has 0 saturated carbocycles. The minimum Gasteiger partial charge on any atom is -0.479 e. The number of carbonyl (C=O) groups is 1. The Kier molecular flexibility index (Phi) is 3.14. The number of hydrogen-bond donors (Lipinski definition) is 4. The molecule has 6 nitrogen and oxygen atoms in total. The summed E-state index contributed by atoms with van der Waals surface area (Å²) in [7, 11) is 0. The van der Waals surface area contributed by atoms with Crippen molar-refractivity contribution in [2.45, 2.75) is 12.2 Å². The van der Waals surface area contributed by atoms with Gasteiger partial charge < -0.3 is 20.3 Å². The van der Waals surface area contributed by atoms with Crippen LogP contribution in [0.1, 0.15) is 11.7 Å². The molecule has 2 atom stereocenters. The van der Waals surface area contributed by atoms with Gasteiger partial charge in [-0.3, -0.25) is 4.79 Å². The molecule has 0 fully saturated rings. The van der Waals surface area contributed by atoms with Crippen molar-refractivity contribution < 1.29 is 20.1 Å². The van der Waals surface area contributed by atoms with E-state index in [2.05, 4.69) is 4.98 Å². The van der Waals surface area contributed by atoms with Gasteiger partial charge in [0.1, 0.15) is 6.10 Å². The van der Waals surface area contributed by atoms with Gasteiger partial charge in [0.05, 0.1) is 0 Å². The number of aromatic amines is 1. The number of hydrogen-bond acceptors (Lipinski definition) is 4. The average Bonchev–Trinajstić information content (AvgIpc) is 2.37. The number of carboxylic acids is 1. The van der Waals surface area contributed by atoms with Crippen molar-refractivity contribution in [2.24, 2.45) is 0 Å². The predicted octanol–water partition coefficient (Wildman–Crippen LogP) is 0.00700. The molecule has 0 saturated heterocycles. The van der Waals surface area contributed by atoms with Crippen molar-refractivity contribution in [3.8, 4) is 0 Å². The van der Waals surface area contributed by atoms with Crippen LogP contribution in [0.15, 0.2) is 35.3 Å². The van der Waals surface area contributed by atoms with E-state index >= 15 is 0 Å². The largest absolute Gasteiger partial charge is 0.479 e. The fourth-order valence-corrected chi connectivity index (χ4v) is 1.69. The highest BCUT2D eigenvalue weighted by Gasteiger charge is 2.25. The quantitative estimate of drug-likeness (QED) is 0.612. The van der Waals surface area contributed by atoms with Gasteiger partial charge in [0.25, 0.3) is 0 Å². The third-order valence-corrected chi connectivity index (χ3v) is 2.68. The molecule has 18 heavy (non-hydrogen) atoms. The molecule has 0 radical (unpaired) electrons. The fraction of sp³-hybridized carbons (Fsp3) is 0.167. The van der Waals surface area contributed by atoms with Gasteiger partial charge in [0, 0.05) is 23.2 Å². The lowest BCUT2D eigenvalue weighted by molar-refractivity contribution is -0.153. The lowest BCUT2D eigenvalue weighted by atomic mass is 10.0. The molecular formula is C12H11NO5. The highest BCUT2D eigenvalue weighted by molar-refractivity contribution is 5.79. The van der Waals surface area contributed by atoms with Crippen LogP contribution >= 0.6 is 0 Å². The number of fused-ring (bicyclic) bond motifs is 1. The van der Waals surface area contributed by atoms with Crippen LogP contribution in [-0.4, -0.2) is 32.4 Å². The molecule has 0 bridgehead atoms. The summed E-state index contributed by atoms with van der Waals surface area (Å²) in [5.74, 6) is -1.52. The number of aliphatic hydroxyl groups excluding tert-OH is 2. The summed E-state index contributed by atoms with van der Waals surface area (Å²) in [5.41, 5.74) is 0.500. The first-order chi connectivity index (χ1) is 8.50. The Morgan fingerprint density at radius 2 is 1.94 bits per heavy atom. The van der Waals surface area contributed by atoms with Gasteiger partial charge in [0.2, 0.25) is 0 Å². The first kappa shape index (κ1) is 12.3. The van der Waals surface area contributed by atoms with E-state index in [0.29, 0.717) is 10.9 Å². The van der Waals surface area contributed by atoms with Gasteiger partial charge in [-0.05, 0) is 17.7 Å². The number of aliphatic hydroxyl groups is 2. The summed E-state index contributed by atoms with van der Waals surface area (Å²) >= 11 is 0.